The number of hydrogen-bond acceptors (Lipinski definition) is 6. The minimum atomic E-state index is -0.422. The molecule has 6 nitrogen and oxygen atoms in total. The number of nitrogens with zero attached hydrogens (tertiary/aromatic N) is 1. The fraction of sp³-hybridized carbons (Fsp3) is 0.222. The summed E-state index contributed by atoms with van der Waals surface area (Å²) in [5.74, 6) is 0.236. The number of H-pyrrole nitrogens is 1. The zero-order chi connectivity index (χ0) is 12.0. The Kier molecular flexibility index (Phi) is 4.59. The lowest BCUT2D eigenvalue weighted by Gasteiger charge is -1.97. The Morgan fingerprint density at radius 2 is 2.50 bits per heavy atom. The number of esters is 1. The Bertz CT molecular complexity index is 456. The lowest BCUT2D eigenvalue weighted by molar-refractivity contribution is -0.134. The minimum absolute atomic E-state index is 0.170. The molecule has 0 radical (unpaired) electrons. The third-order valence-electron chi connectivity index (χ3n) is 1.51. The topological polar surface area (TPSA) is 98.1 Å². The Morgan fingerprint density at radius 1 is 1.75 bits per heavy atom. The third-order valence-corrected chi connectivity index (χ3v) is 2.34. The van der Waals surface area contributed by atoms with Crippen molar-refractivity contribution in [2.75, 3.05) is 18.6 Å². The summed E-state index contributed by atoms with van der Waals surface area (Å²) in [6.45, 7) is 0. The lowest BCUT2D eigenvalue weighted by Crippen LogP contribution is -2.09. The van der Waals surface area contributed by atoms with E-state index in [-0.39, 0.29) is 11.4 Å². The second-order valence-electron chi connectivity index (χ2n) is 2.71. The number of methoxy groups -OCH3 is 1. The molecule has 86 valence electrons. The van der Waals surface area contributed by atoms with Gasteiger partial charge in [0.25, 0.3) is 5.56 Å². The smallest absolute Gasteiger partial charge is 0.330 e. The number of aromatic amines is 1. The summed E-state index contributed by atoms with van der Waals surface area (Å²) in [5, 5.41) is 0.416. The molecule has 0 atom stereocenters. The summed E-state index contributed by atoms with van der Waals surface area (Å²) in [7, 11) is 1.30. The highest BCUT2D eigenvalue weighted by molar-refractivity contribution is 7.99. The number of carbonyl (C=O) groups is 1. The third kappa shape index (κ3) is 4.18. The highest BCUT2D eigenvalue weighted by Crippen LogP contribution is 2.11. The van der Waals surface area contributed by atoms with Gasteiger partial charge in [0.05, 0.1) is 7.11 Å². The van der Waals surface area contributed by atoms with Gasteiger partial charge in [-0.05, 0) is 0 Å². The highest BCUT2D eigenvalue weighted by atomic mass is 32.2. The van der Waals surface area contributed by atoms with Crippen LogP contribution in [0.15, 0.2) is 28.2 Å². The molecule has 7 heteroatoms. The van der Waals surface area contributed by atoms with Crippen molar-refractivity contribution in [2.24, 2.45) is 0 Å². The van der Waals surface area contributed by atoms with Gasteiger partial charge in [-0.3, -0.25) is 4.79 Å². The van der Waals surface area contributed by atoms with Gasteiger partial charge in [0.15, 0.2) is 5.16 Å². The van der Waals surface area contributed by atoms with Crippen LogP contribution in [0.25, 0.3) is 0 Å². The Balaban J connectivity index is 2.52. The van der Waals surface area contributed by atoms with Gasteiger partial charge in [-0.1, -0.05) is 17.8 Å². The van der Waals surface area contributed by atoms with Gasteiger partial charge in [-0.25, -0.2) is 9.78 Å². The van der Waals surface area contributed by atoms with Gasteiger partial charge in [0, 0.05) is 17.9 Å². The number of hydrogen-bond donors (Lipinski definition) is 2. The van der Waals surface area contributed by atoms with Crippen LogP contribution in [0.2, 0.25) is 0 Å². The molecule has 0 aliphatic rings. The van der Waals surface area contributed by atoms with Crippen molar-refractivity contribution in [1.82, 2.24) is 9.97 Å². The van der Waals surface area contributed by atoms with E-state index in [1.807, 2.05) is 0 Å². The fourth-order valence-electron chi connectivity index (χ4n) is 0.861. The van der Waals surface area contributed by atoms with Crippen LogP contribution in [0, 0.1) is 0 Å². The quantitative estimate of drug-likeness (QED) is 0.337. The second-order valence-corrected chi connectivity index (χ2v) is 3.72. The van der Waals surface area contributed by atoms with Crippen molar-refractivity contribution in [3.63, 3.8) is 0 Å². The van der Waals surface area contributed by atoms with Crippen molar-refractivity contribution in [3.05, 3.63) is 28.6 Å². The molecule has 3 N–H and O–H groups in total. The molecular formula is C9H11N3O3S. The molecule has 1 aromatic rings. The number of carbonyl (C=O) groups excluding carboxylic acids is 1. The molecule has 0 aromatic carbocycles. The van der Waals surface area contributed by atoms with Crippen LogP contribution in [0.1, 0.15) is 0 Å². The molecule has 0 saturated carbocycles. The summed E-state index contributed by atoms with van der Waals surface area (Å²) in [6, 6.07) is 1.20. The van der Waals surface area contributed by atoms with Gasteiger partial charge in [0.1, 0.15) is 5.82 Å². The molecule has 1 heterocycles. The first-order chi connectivity index (χ1) is 7.61. The second kappa shape index (κ2) is 5.96. The first-order valence-electron chi connectivity index (χ1n) is 4.36. The molecule has 0 fully saturated rings. The molecule has 1 rings (SSSR count). The van der Waals surface area contributed by atoms with Crippen LogP contribution in [-0.4, -0.2) is 28.8 Å². The molecule has 0 amide bonds. The minimum Gasteiger partial charge on any atom is -0.466 e. The number of nitrogen functional groups attached to an aromatic ring is 1. The van der Waals surface area contributed by atoms with Crippen LogP contribution in [-0.2, 0) is 9.53 Å². The van der Waals surface area contributed by atoms with Crippen LogP contribution >= 0.6 is 11.8 Å². The fourth-order valence-corrected chi connectivity index (χ4v) is 1.55. The number of nitrogens with one attached hydrogen (secondary N) is 1. The predicted molar refractivity (Wildman–Crippen MR) is 61.2 cm³/mol. The average molecular weight is 241 g/mol. The van der Waals surface area contributed by atoms with E-state index in [0.29, 0.717) is 10.9 Å². The van der Waals surface area contributed by atoms with E-state index >= 15 is 0 Å². The molecule has 0 saturated heterocycles. The van der Waals surface area contributed by atoms with E-state index in [9.17, 15) is 9.59 Å². The molecule has 0 spiro atoms. The molecule has 16 heavy (non-hydrogen) atoms. The van der Waals surface area contributed by atoms with Gasteiger partial charge < -0.3 is 15.5 Å². The zero-order valence-electron chi connectivity index (χ0n) is 8.60. The van der Waals surface area contributed by atoms with Crippen LogP contribution < -0.4 is 11.3 Å². The van der Waals surface area contributed by atoms with Gasteiger partial charge >= 0.3 is 5.97 Å². The number of anilines is 1. The first-order valence-corrected chi connectivity index (χ1v) is 5.34. The van der Waals surface area contributed by atoms with Crippen molar-refractivity contribution >= 4 is 23.5 Å². The van der Waals surface area contributed by atoms with E-state index in [2.05, 4.69) is 14.7 Å². The highest BCUT2D eigenvalue weighted by Gasteiger charge is 1.98. The molecule has 0 aliphatic heterocycles. The summed E-state index contributed by atoms with van der Waals surface area (Å²) >= 11 is 1.26. The maximum Gasteiger partial charge on any atom is 0.330 e. The normalized spacial score (nSPS) is 10.6. The number of rotatable bonds is 4. The van der Waals surface area contributed by atoms with Crippen molar-refractivity contribution in [3.8, 4) is 0 Å². The predicted octanol–water partition coefficient (Wildman–Crippen LogP) is 0.173. The van der Waals surface area contributed by atoms with E-state index < -0.39 is 5.97 Å². The molecule has 0 bridgehead atoms. The lowest BCUT2D eigenvalue weighted by atomic mass is 10.5. The SMILES string of the molecule is COC(=O)C=CCSc1nc(N)cc(=O)[nH]1. The zero-order valence-corrected chi connectivity index (χ0v) is 9.41. The Labute approximate surface area is 95.9 Å². The molecular weight excluding hydrogens is 230 g/mol. The van der Waals surface area contributed by atoms with Crippen molar-refractivity contribution < 1.29 is 9.53 Å². The van der Waals surface area contributed by atoms with Crippen LogP contribution in [0.5, 0.6) is 0 Å². The van der Waals surface area contributed by atoms with Crippen molar-refractivity contribution in [2.45, 2.75) is 5.16 Å². The van der Waals surface area contributed by atoms with E-state index in [1.165, 1.54) is 31.0 Å². The van der Waals surface area contributed by atoms with Crippen LogP contribution in [0.4, 0.5) is 5.82 Å². The first kappa shape index (κ1) is 12.3. The summed E-state index contributed by atoms with van der Waals surface area (Å²) in [5.41, 5.74) is 5.10. The monoisotopic (exact) mass is 241 g/mol. The van der Waals surface area contributed by atoms with Gasteiger partial charge in [-0.2, -0.15) is 0 Å². The number of aromatic nitrogens is 2. The van der Waals surface area contributed by atoms with E-state index in [0.717, 1.165) is 0 Å². The number of thioether (sulfide) groups is 1. The van der Waals surface area contributed by atoms with Crippen LogP contribution in [0.3, 0.4) is 0 Å². The molecule has 0 unspecified atom stereocenters. The van der Waals surface area contributed by atoms with E-state index in [4.69, 9.17) is 5.73 Å². The summed E-state index contributed by atoms with van der Waals surface area (Å²) in [6.07, 6.45) is 2.91. The Morgan fingerprint density at radius 3 is 3.12 bits per heavy atom. The van der Waals surface area contributed by atoms with Gasteiger partial charge in [-0.15, -0.1) is 0 Å². The van der Waals surface area contributed by atoms with E-state index in [1.54, 1.807) is 6.08 Å². The van der Waals surface area contributed by atoms with Gasteiger partial charge in [0.2, 0.25) is 0 Å². The maximum absolute atomic E-state index is 11.0. The number of ether oxygens (including phenoxy) is 1. The molecule has 1 aromatic heterocycles. The maximum atomic E-state index is 11.0. The largest absolute Gasteiger partial charge is 0.466 e. The molecule has 0 aliphatic carbocycles. The van der Waals surface area contributed by atoms with Crippen molar-refractivity contribution in [1.29, 1.82) is 0 Å². The Hall–Kier alpha value is -1.76. The summed E-state index contributed by atoms with van der Waals surface area (Å²) < 4.78 is 4.41. The standard InChI is InChI=1S/C9H11N3O3S/c1-15-8(14)3-2-4-16-9-11-6(10)5-7(13)12-9/h2-3,5H,4H2,1H3,(H3,10,11,12,13). The average Bonchev–Trinajstić information content (AvgIpc) is 2.22. The summed E-state index contributed by atoms with van der Waals surface area (Å²) in [4.78, 5) is 28.2. The number of nitrogens with two attached hydrogens (primary N) is 1.